The number of aromatic carboxylic acids is 1. The molecule has 2 rings (SSSR count). The maximum Gasteiger partial charge on any atom is 0.349 e. The fraction of sp³-hybridized carbons (Fsp3) is 0.429. The second-order valence-corrected chi connectivity index (χ2v) is 5.52. The van der Waals surface area contributed by atoms with Gasteiger partial charge in [0.2, 0.25) is 0 Å². The summed E-state index contributed by atoms with van der Waals surface area (Å²) in [7, 11) is 0. The molecule has 2 aromatic rings. The molecule has 0 aliphatic rings. The van der Waals surface area contributed by atoms with Crippen molar-refractivity contribution < 1.29 is 14.6 Å². The quantitative estimate of drug-likeness (QED) is 0.851. The molecule has 0 saturated carbocycles. The first-order valence-corrected chi connectivity index (χ1v) is 7.46. The average molecular weight is 294 g/mol. The lowest BCUT2D eigenvalue weighted by molar-refractivity contribution is 0.0697. The van der Waals surface area contributed by atoms with Gasteiger partial charge >= 0.3 is 5.97 Å². The zero-order valence-electron chi connectivity index (χ0n) is 11.6. The van der Waals surface area contributed by atoms with Crippen molar-refractivity contribution in [1.29, 1.82) is 0 Å². The van der Waals surface area contributed by atoms with E-state index in [1.165, 1.54) is 11.3 Å². The highest BCUT2D eigenvalue weighted by molar-refractivity contribution is 7.14. The number of thiophene rings is 1. The van der Waals surface area contributed by atoms with Crippen LogP contribution in [0.15, 0.2) is 18.5 Å². The van der Waals surface area contributed by atoms with Crippen molar-refractivity contribution >= 4 is 17.3 Å². The Kier molecular flexibility index (Phi) is 4.79. The third kappa shape index (κ3) is 3.19. The first-order chi connectivity index (χ1) is 9.65. The second kappa shape index (κ2) is 6.56. The van der Waals surface area contributed by atoms with Gasteiger partial charge in [-0.05, 0) is 19.4 Å². The van der Waals surface area contributed by atoms with Gasteiger partial charge in [0.1, 0.15) is 18.2 Å². The van der Waals surface area contributed by atoms with E-state index in [0.29, 0.717) is 5.75 Å². The number of carboxylic acid groups (broad SMARTS) is 1. The van der Waals surface area contributed by atoms with Crippen LogP contribution < -0.4 is 4.74 Å². The van der Waals surface area contributed by atoms with E-state index in [-0.39, 0.29) is 11.5 Å². The molecule has 2 aromatic heterocycles. The van der Waals surface area contributed by atoms with E-state index in [4.69, 9.17) is 4.74 Å². The molecular formula is C14H18N2O3S. The van der Waals surface area contributed by atoms with Crippen LogP contribution in [0.2, 0.25) is 0 Å². The third-order valence-corrected chi connectivity index (χ3v) is 4.10. The fourth-order valence-corrected chi connectivity index (χ4v) is 3.00. The van der Waals surface area contributed by atoms with Gasteiger partial charge in [-0.2, -0.15) is 0 Å². The van der Waals surface area contributed by atoms with Gasteiger partial charge in [-0.25, -0.2) is 9.78 Å². The summed E-state index contributed by atoms with van der Waals surface area (Å²) in [6.07, 6.45) is 5.46. The zero-order valence-corrected chi connectivity index (χ0v) is 12.4. The molecule has 0 spiro atoms. The van der Waals surface area contributed by atoms with Crippen LogP contribution in [0.25, 0.3) is 0 Å². The molecule has 2 heterocycles. The molecule has 0 bridgehead atoms. The summed E-state index contributed by atoms with van der Waals surface area (Å²) in [6.45, 7) is 5.19. The van der Waals surface area contributed by atoms with Crippen LogP contribution in [0.1, 0.15) is 40.6 Å². The van der Waals surface area contributed by atoms with E-state index in [1.54, 1.807) is 6.20 Å². The van der Waals surface area contributed by atoms with Crippen molar-refractivity contribution in [2.45, 2.75) is 39.8 Å². The molecule has 5 nitrogen and oxygen atoms in total. The summed E-state index contributed by atoms with van der Waals surface area (Å²) in [6, 6.07) is 1.83. The number of carbonyl (C=O) groups is 1. The Balaban J connectivity index is 2.13. The smallest absolute Gasteiger partial charge is 0.349 e. The molecule has 0 saturated heterocycles. The lowest BCUT2D eigenvalue weighted by Crippen LogP contribution is -2.06. The lowest BCUT2D eigenvalue weighted by Gasteiger charge is -2.06. The largest absolute Gasteiger partial charge is 0.484 e. The van der Waals surface area contributed by atoms with E-state index < -0.39 is 5.97 Å². The highest BCUT2D eigenvalue weighted by Crippen LogP contribution is 2.30. The van der Waals surface area contributed by atoms with Crippen LogP contribution in [0, 0.1) is 0 Å². The molecule has 0 aromatic carbocycles. The topological polar surface area (TPSA) is 64.4 Å². The Morgan fingerprint density at radius 2 is 2.30 bits per heavy atom. The molecule has 0 radical (unpaired) electrons. The number of aromatic nitrogens is 2. The number of carboxylic acids is 1. The van der Waals surface area contributed by atoms with Gasteiger partial charge in [0.15, 0.2) is 4.88 Å². The minimum absolute atomic E-state index is 0.267. The van der Waals surface area contributed by atoms with Crippen LogP contribution in [0.4, 0.5) is 0 Å². The van der Waals surface area contributed by atoms with Crippen molar-refractivity contribution in [3.8, 4) is 5.75 Å². The molecule has 108 valence electrons. The Bertz CT molecular complexity index is 589. The molecule has 1 N–H and O–H groups in total. The molecule has 6 heteroatoms. The van der Waals surface area contributed by atoms with Gasteiger partial charge in [0.05, 0.1) is 0 Å². The van der Waals surface area contributed by atoms with Crippen LogP contribution in [-0.4, -0.2) is 20.6 Å². The summed E-state index contributed by atoms with van der Waals surface area (Å²) in [5.41, 5.74) is 0. The van der Waals surface area contributed by atoms with Crippen LogP contribution in [0.5, 0.6) is 5.75 Å². The Hall–Kier alpha value is -1.82. The molecule has 0 aliphatic carbocycles. The lowest BCUT2D eigenvalue weighted by atomic mass is 10.3. The predicted molar refractivity (Wildman–Crippen MR) is 77.5 cm³/mol. The Morgan fingerprint density at radius 3 is 2.95 bits per heavy atom. The summed E-state index contributed by atoms with van der Waals surface area (Å²) in [5.74, 6) is 0.301. The number of imidazole rings is 1. The Morgan fingerprint density at radius 1 is 1.50 bits per heavy atom. The highest BCUT2D eigenvalue weighted by atomic mass is 32.1. The van der Waals surface area contributed by atoms with E-state index in [9.17, 15) is 9.90 Å². The number of aryl methyl sites for hydroxylation is 2. The van der Waals surface area contributed by atoms with Crippen molar-refractivity contribution in [3.05, 3.63) is 34.0 Å². The van der Waals surface area contributed by atoms with Crippen molar-refractivity contribution in [2.24, 2.45) is 0 Å². The van der Waals surface area contributed by atoms with Crippen molar-refractivity contribution in [2.75, 3.05) is 0 Å². The average Bonchev–Trinajstić information content (AvgIpc) is 3.02. The highest BCUT2D eigenvalue weighted by Gasteiger charge is 2.17. The normalized spacial score (nSPS) is 10.7. The van der Waals surface area contributed by atoms with E-state index >= 15 is 0 Å². The summed E-state index contributed by atoms with van der Waals surface area (Å²) >= 11 is 1.29. The van der Waals surface area contributed by atoms with E-state index in [1.807, 2.05) is 23.8 Å². The van der Waals surface area contributed by atoms with Gasteiger partial charge in [-0.1, -0.05) is 13.3 Å². The first kappa shape index (κ1) is 14.6. The van der Waals surface area contributed by atoms with Gasteiger partial charge in [0, 0.05) is 23.8 Å². The Labute approximate surface area is 121 Å². The maximum absolute atomic E-state index is 11.2. The number of rotatable bonds is 7. The molecule has 0 amide bonds. The summed E-state index contributed by atoms with van der Waals surface area (Å²) in [5, 5.41) is 9.21. The fourth-order valence-electron chi connectivity index (χ4n) is 1.96. The van der Waals surface area contributed by atoms with Gasteiger partial charge < -0.3 is 14.4 Å². The number of hydrogen-bond acceptors (Lipinski definition) is 4. The number of ether oxygens (including phenoxy) is 1. The zero-order chi connectivity index (χ0) is 14.5. The van der Waals surface area contributed by atoms with Gasteiger partial charge in [-0.3, -0.25) is 0 Å². The standard InChI is InChI=1S/C14H18N2O3S/c1-3-5-10-8-11(13(20-10)14(17)18)19-9-12-15-6-7-16(12)4-2/h6-8H,3-5,9H2,1-2H3,(H,17,18). The van der Waals surface area contributed by atoms with E-state index in [0.717, 1.165) is 30.1 Å². The van der Waals surface area contributed by atoms with Gasteiger partial charge in [-0.15, -0.1) is 11.3 Å². The SMILES string of the molecule is CCCc1cc(OCc2nccn2CC)c(C(=O)O)s1. The molecule has 0 atom stereocenters. The number of hydrogen-bond donors (Lipinski definition) is 1. The summed E-state index contributed by atoms with van der Waals surface area (Å²) < 4.78 is 7.63. The van der Waals surface area contributed by atoms with Crippen LogP contribution >= 0.6 is 11.3 Å². The van der Waals surface area contributed by atoms with Gasteiger partial charge in [0.25, 0.3) is 0 Å². The first-order valence-electron chi connectivity index (χ1n) is 6.64. The molecule has 0 unspecified atom stereocenters. The minimum atomic E-state index is -0.939. The molecule has 0 aliphatic heterocycles. The molecular weight excluding hydrogens is 276 g/mol. The molecule has 20 heavy (non-hydrogen) atoms. The minimum Gasteiger partial charge on any atom is -0.484 e. The number of nitrogens with zero attached hydrogens (tertiary/aromatic N) is 2. The monoisotopic (exact) mass is 294 g/mol. The molecule has 0 fully saturated rings. The maximum atomic E-state index is 11.2. The van der Waals surface area contributed by atoms with E-state index in [2.05, 4.69) is 11.9 Å². The van der Waals surface area contributed by atoms with Crippen molar-refractivity contribution in [1.82, 2.24) is 9.55 Å². The van der Waals surface area contributed by atoms with Crippen LogP contribution in [0.3, 0.4) is 0 Å². The van der Waals surface area contributed by atoms with Crippen molar-refractivity contribution in [3.63, 3.8) is 0 Å². The third-order valence-electron chi connectivity index (χ3n) is 2.94. The predicted octanol–water partition coefficient (Wildman–Crippen LogP) is 3.19. The summed E-state index contributed by atoms with van der Waals surface area (Å²) in [4.78, 5) is 16.8. The second-order valence-electron chi connectivity index (χ2n) is 4.38. The van der Waals surface area contributed by atoms with Crippen LogP contribution in [-0.2, 0) is 19.6 Å².